The first kappa shape index (κ1) is 16.8. The van der Waals surface area contributed by atoms with Crippen LogP contribution in [0.3, 0.4) is 0 Å². The molecule has 1 saturated carbocycles. The third-order valence-electron chi connectivity index (χ3n) is 5.11. The predicted molar refractivity (Wildman–Crippen MR) is 86.1 cm³/mol. The summed E-state index contributed by atoms with van der Waals surface area (Å²) < 4.78 is 29.9. The Morgan fingerprint density at radius 2 is 1.96 bits per heavy atom. The van der Waals surface area contributed by atoms with Crippen molar-refractivity contribution in [2.75, 3.05) is 13.1 Å². The van der Waals surface area contributed by atoms with E-state index in [2.05, 4.69) is 25.1 Å². The van der Waals surface area contributed by atoms with Crippen molar-refractivity contribution in [2.24, 2.45) is 7.05 Å². The van der Waals surface area contributed by atoms with Crippen LogP contribution in [-0.4, -0.2) is 57.9 Å². The zero-order valence-electron chi connectivity index (χ0n) is 13.8. The number of piperidine rings is 1. The van der Waals surface area contributed by atoms with Crippen molar-refractivity contribution in [3.63, 3.8) is 0 Å². The average molecular weight is 342 g/mol. The third-order valence-corrected chi connectivity index (χ3v) is 7.03. The van der Waals surface area contributed by atoms with E-state index < -0.39 is 10.0 Å². The monoisotopic (exact) mass is 342 g/mol. The molecule has 130 valence electrons. The number of tetrazole rings is 1. The number of aryl methyl sites for hydroxylation is 1. The van der Waals surface area contributed by atoms with Gasteiger partial charge in [-0.3, -0.25) is 4.90 Å². The summed E-state index contributed by atoms with van der Waals surface area (Å²) >= 11 is 0. The van der Waals surface area contributed by atoms with E-state index in [-0.39, 0.29) is 17.3 Å². The van der Waals surface area contributed by atoms with Gasteiger partial charge in [-0.2, -0.15) is 0 Å². The quantitative estimate of drug-likeness (QED) is 0.842. The molecule has 1 aliphatic carbocycles. The zero-order valence-corrected chi connectivity index (χ0v) is 14.7. The van der Waals surface area contributed by atoms with Crippen LogP contribution >= 0.6 is 0 Å². The number of nitrogens with one attached hydrogen (secondary N) is 1. The second-order valence-corrected chi connectivity index (χ2v) is 8.73. The normalized spacial score (nSPS) is 25.7. The molecule has 0 radical (unpaired) electrons. The molecule has 1 aromatic heterocycles. The third kappa shape index (κ3) is 3.72. The summed E-state index contributed by atoms with van der Waals surface area (Å²) in [6.07, 6.45) is 5.79. The van der Waals surface area contributed by atoms with Gasteiger partial charge in [-0.05, 0) is 49.6 Å². The van der Waals surface area contributed by atoms with E-state index in [0.717, 1.165) is 50.9 Å². The van der Waals surface area contributed by atoms with Gasteiger partial charge >= 0.3 is 0 Å². The fraction of sp³-hybridized carbons (Fsp3) is 0.929. The number of rotatable bonds is 5. The lowest BCUT2D eigenvalue weighted by Gasteiger charge is -2.36. The van der Waals surface area contributed by atoms with Gasteiger partial charge in [0.1, 0.15) is 0 Å². The minimum atomic E-state index is -3.26. The van der Waals surface area contributed by atoms with E-state index in [1.54, 1.807) is 4.68 Å². The molecular formula is C14H26N6O2S. The minimum absolute atomic E-state index is 0.0134. The van der Waals surface area contributed by atoms with Crippen molar-refractivity contribution in [2.45, 2.75) is 62.8 Å². The number of likely N-dealkylation sites (tertiary alicyclic amines) is 1. The minimum Gasteiger partial charge on any atom is -0.292 e. The lowest BCUT2D eigenvalue weighted by atomic mass is 10.1. The van der Waals surface area contributed by atoms with Crippen LogP contribution in [0.4, 0.5) is 0 Å². The summed E-state index contributed by atoms with van der Waals surface area (Å²) in [5.74, 6) is 0.770. The molecule has 0 amide bonds. The topological polar surface area (TPSA) is 93.0 Å². The maximum absolute atomic E-state index is 12.7. The predicted octanol–water partition coefficient (Wildman–Crippen LogP) is 0.598. The second-order valence-electron chi connectivity index (χ2n) is 6.74. The van der Waals surface area contributed by atoms with Gasteiger partial charge in [0, 0.05) is 19.6 Å². The number of nitrogens with zero attached hydrogens (tertiary/aromatic N) is 5. The Bertz CT molecular complexity index is 625. The summed E-state index contributed by atoms with van der Waals surface area (Å²) in [4.78, 5) is 2.17. The van der Waals surface area contributed by atoms with Crippen molar-refractivity contribution in [1.82, 2.24) is 29.8 Å². The Kier molecular flexibility index (Phi) is 4.98. The Hall–Kier alpha value is -1.06. The SMILES string of the molecule is CC(c1nnnn1C)N1CCCC(S(=O)(=O)NC2CCCC2)C1. The van der Waals surface area contributed by atoms with Crippen molar-refractivity contribution >= 4 is 10.0 Å². The van der Waals surface area contributed by atoms with Crippen LogP contribution in [0.15, 0.2) is 0 Å². The lowest BCUT2D eigenvalue weighted by Crippen LogP contribution is -2.49. The van der Waals surface area contributed by atoms with Crippen molar-refractivity contribution in [1.29, 1.82) is 0 Å². The van der Waals surface area contributed by atoms with E-state index in [0.29, 0.717) is 6.54 Å². The first-order valence-corrected chi connectivity index (χ1v) is 9.99. The highest BCUT2D eigenvalue weighted by atomic mass is 32.2. The van der Waals surface area contributed by atoms with E-state index in [4.69, 9.17) is 0 Å². The van der Waals surface area contributed by atoms with E-state index >= 15 is 0 Å². The van der Waals surface area contributed by atoms with Gasteiger partial charge < -0.3 is 0 Å². The molecule has 0 bridgehead atoms. The van der Waals surface area contributed by atoms with Crippen LogP contribution in [0, 0.1) is 0 Å². The molecule has 3 rings (SSSR count). The molecule has 1 aliphatic heterocycles. The van der Waals surface area contributed by atoms with E-state index in [1.807, 2.05) is 14.0 Å². The highest BCUT2D eigenvalue weighted by molar-refractivity contribution is 7.90. The van der Waals surface area contributed by atoms with Gasteiger partial charge in [0.15, 0.2) is 5.82 Å². The van der Waals surface area contributed by atoms with Gasteiger partial charge in [-0.1, -0.05) is 12.8 Å². The second kappa shape index (κ2) is 6.82. The highest BCUT2D eigenvalue weighted by Crippen LogP contribution is 2.26. The average Bonchev–Trinajstić information content (AvgIpc) is 3.18. The molecular weight excluding hydrogens is 316 g/mol. The molecule has 1 saturated heterocycles. The van der Waals surface area contributed by atoms with Gasteiger partial charge in [0.05, 0.1) is 11.3 Å². The largest absolute Gasteiger partial charge is 0.292 e. The molecule has 8 nitrogen and oxygen atoms in total. The molecule has 2 aliphatic rings. The van der Waals surface area contributed by atoms with Crippen LogP contribution in [0.5, 0.6) is 0 Å². The first-order valence-electron chi connectivity index (χ1n) is 8.45. The van der Waals surface area contributed by atoms with Crippen LogP contribution in [0.25, 0.3) is 0 Å². The summed E-state index contributed by atoms with van der Waals surface area (Å²) in [7, 11) is -1.45. The maximum Gasteiger partial charge on any atom is 0.215 e. The van der Waals surface area contributed by atoms with Gasteiger partial charge in [0.2, 0.25) is 10.0 Å². The van der Waals surface area contributed by atoms with Crippen LogP contribution in [0.1, 0.15) is 57.3 Å². The summed E-state index contributed by atoms with van der Waals surface area (Å²) in [6, 6.07) is 0.148. The molecule has 9 heteroatoms. The van der Waals surface area contributed by atoms with Crippen LogP contribution in [0.2, 0.25) is 0 Å². The number of aromatic nitrogens is 4. The maximum atomic E-state index is 12.7. The molecule has 0 aromatic carbocycles. The molecule has 23 heavy (non-hydrogen) atoms. The van der Waals surface area contributed by atoms with E-state index in [1.165, 1.54) is 0 Å². The Morgan fingerprint density at radius 1 is 1.22 bits per heavy atom. The lowest BCUT2D eigenvalue weighted by molar-refractivity contribution is 0.167. The van der Waals surface area contributed by atoms with Crippen LogP contribution in [-0.2, 0) is 17.1 Å². The van der Waals surface area contributed by atoms with Crippen molar-refractivity contribution in [3.8, 4) is 0 Å². The summed E-state index contributed by atoms with van der Waals surface area (Å²) in [6.45, 7) is 3.45. The molecule has 1 N–H and O–H groups in total. The number of hydrogen-bond acceptors (Lipinski definition) is 6. The van der Waals surface area contributed by atoms with Gasteiger partial charge in [-0.25, -0.2) is 17.8 Å². The Balaban J connectivity index is 1.66. The number of hydrogen-bond donors (Lipinski definition) is 1. The van der Waals surface area contributed by atoms with Gasteiger partial charge in [-0.15, -0.1) is 5.10 Å². The fourth-order valence-corrected chi connectivity index (χ4v) is 5.45. The molecule has 1 aromatic rings. The van der Waals surface area contributed by atoms with E-state index in [9.17, 15) is 8.42 Å². The molecule has 2 atom stereocenters. The standard InChI is InChI=1S/C14H26N6O2S/c1-11(14-15-17-18-19(14)2)20-9-5-8-13(10-20)23(21,22)16-12-6-3-4-7-12/h11-13,16H,3-10H2,1-2H3. The van der Waals surface area contributed by atoms with Crippen LogP contribution < -0.4 is 4.72 Å². The fourth-order valence-electron chi connectivity index (χ4n) is 3.70. The summed E-state index contributed by atoms with van der Waals surface area (Å²) in [5.41, 5.74) is 0. The van der Waals surface area contributed by atoms with Gasteiger partial charge in [0.25, 0.3) is 0 Å². The summed E-state index contributed by atoms with van der Waals surface area (Å²) in [5, 5.41) is 11.3. The van der Waals surface area contributed by atoms with Crippen molar-refractivity contribution < 1.29 is 8.42 Å². The molecule has 2 fully saturated rings. The smallest absolute Gasteiger partial charge is 0.215 e. The molecule has 2 heterocycles. The Labute approximate surface area is 137 Å². The molecule has 2 unspecified atom stereocenters. The Morgan fingerprint density at radius 3 is 2.61 bits per heavy atom. The highest BCUT2D eigenvalue weighted by Gasteiger charge is 2.35. The van der Waals surface area contributed by atoms with Crippen molar-refractivity contribution in [3.05, 3.63) is 5.82 Å². The zero-order chi connectivity index (χ0) is 16.4. The number of sulfonamides is 1. The first-order chi connectivity index (χ1) is 11.0. The molecule has 0 spiro atoms.